The number of pyridine rings is 1. The third-order valence-corrected chi connectivity index (χ3v) is 4.69. The van der Waals surface area contributed by atoms with Crippen LogP contribution in [0.15, 0.2) is 18.3 Å². The van der Waals surface area contributed by atoms with E-state index in [4.69, 9.17) is 0 Å². The number of hydrogen-bond acceptors (Lipinski definition) is 5. The zero-order valence-electron chi connectivity index (χ0n) is 12.4. The first-order chi connectivity index (χ1) is 9.79. The van der Waals surface area contributed by atoms with E-state index in [1.165, 1.54) is 4.31 Å². The topological polar surface area (TPSA) is 82.6 Å². The third-order valence-electron chi connectivity index (χ3n) is 3.41. The van der Waals surface area contributed by atoms with Gasteiger partial charge in [-0.25, -0.2) is 13.4 Å². The summed E-state index contributed by atoms with van der Waals surface area (Å²) in [6.45, 7) is 0.398. The van der Waals surface area contributed by atoms with Gasteiger partial charge in [-0.3, -0.25) is 4.79 Å². The molecule has 7 nitrogen and oxygen atoms in total. The lowest BCUT2D eigenvalue weighted by molar-refractivity contribution is -0.119. The van der Waals surface area contributed by atoms with Crippen LogP contribution in [-0.2, 0) is 14.8 Å². The van der Waals surface area contributed by atoms with Crippen molar-refractivity contribution in [3.63, 3.8) is 0 Å². The predicted molar refractivity (Wildman–Crippen MR) is 81.8 cm³/mol. The summed E-state index contributed by atoms with van der Waals surface area (Å²) in [5.41, 5.74) is 0.561. The standard InChI is InChI=1S/C13H20N4O3S/c1-16(2)12-7-6-10(9-14-12)15-13(18)11-5-4-8-17(11)21(3,19)20/h6-7,9,11H,4-5,8H2,1-3H3,(H,15,18)/t11-/m0/s1. The molecule has 0 aromatic carbocycles. The first-order valence-corrected chi connectivity index (χ1v) is 8.55. The van der Waals surface area contributed by atoms with Crippen molar-refractivity contribution in [2.45, 2.75) is 18.9 Å². The van der Waals surface area contributed by atoms with Gasteiger partial charge in [-0.15, -0.1) is 0 Å². The first-order valence-electron chi connectivity index (χ1n) is 6.70. The molecule has 0 aliphatic carbocycles. The van der Waals surface area contributed by atoms with Gasteiger partial charge in [-0.2, -0.15) is 4.31 Å². The molecule has 1 fully saturated rings. The van der Waals surface area contributed by atoms with Gasteiger partial charge < -0.3 is 10.2 Å². The molecule has 8 heteroatoms. The Balaban J connectivity index is 2.07. The van der Waals surface area contributed by atoms with Crippen LogP contribution in [0.1, 0.15) is 12.8 Å². The molecular weight excluding hydrogens is 292 g/mol. The molecule has 0 radical (unpaired) electrons. The largest absolute Gasteiger partial charge is 0.363 e. The highest BCUT2D eigenvalue weighted by atomic mass is 32.2. The average Bonchev–Trinajstić information content (AvgIpc) is 2.88. The number of hydrogen-bond donors (Lipinski definition) is 1. The molecule has 1 aromatic heterocycles. The van der Waals surface area contributed by atoms with E-state index in [2.05, 4.69) is 10.3 Å². The molecule has 1 atom stereocenters. The fraction of sp³-hybridized carbons (Fsp3) is 0.538. The van der Waals surface area contributed by atoms with Crippen LogP contribution in [0.5, 0.6) is 0 Å². The Bertz CT molecular complexity index is 613. The summed E-state index contributed by atoms with van der Waals surface area (Å²) in [6.07, 6.45) is 3.93. The number of anilines is 2. The molecule has 0 unspecified atom stereocenters. The van der Waals surface area contributed by atoms with Gasteiger partial charge in [0.25, 0.3) is 0 Å². The van der Waals surface area contributed by atoms with Crippen molar-refractivity contribution < 1.29 is 13.2 Å². The maximum absolute atomic E-state index is 12.2. The van der Waals surface area contributed by atoms with Gasteiger partial charge in [0, 0.05) is 20.6 Å². The van der Waals surface area contributed by atoms with E-state index in [0.29, 0.717) is 25.1 Å². The summed E-state index contributed by atoms with van der Waals surface area (Å²) < 4.78 is 24.6. The van der Waals surface area contributed by atoms with E-state index in [-0.39, 0.29) is 5.91 Å². The fourth-order valence-corrected chi connectivity index (χ4v) is 3.47. The van der Waals surface area contributed by atoms with Crippen LogP contribution in [-0.4, -0.2) is 56.6 Å². The minimum Gasteiger partial charge on any atom is -0.363 e. The lowest BCUT2D eigenvalue weighted by Crippen LogP contribution is -2.42. The summed E-state index contributed by atoms with van der Waals surface area (Å²) in [4.78, 5) is 18.3. The molecule has 1 N–H and O–H groups in total. The van der Waals surface area contributed by atoms with Crippen LogP contribution in [0.4, 0.5) is 11.5 Å². The number of carbonyl (C=O) groups is 1. The molecule has 2 heterocycles. The van der Waals surface area contributed by atoms with Crippen molar-refractivity contribution in [2.24, 2.45) is 0 Å². The Morgan fingerprint density at radius 2 is 2.14 bits per heavy atom. The van der Waals surface area contributed by atoms with Gasteiger partial charge in [0.1, 0.15) is 11.9 Å². The lowest BCUT2D eigenvalue weighted by atomic mass is 10.2. The van der Waals surface area contributed by atoms with Crippen molar-refractivity contribution in [3.05, 3.63) is 18.3 Å². The smallest absolute Gasteiger partial charge is 0.242 e. The monoisotopic (exact) mass is 312 g/mol. The molecule has 1 aliphatic heterocycles. The second-order valence-electron chi connectivity index (χ2n) is 5.32. The maximum Gasteiger partial charge on any atom is 0.242 e. The Kier molecular flexibility index (Phi) is 4.48. The average molecular weight is 312 g/mol. The zero-order valence-corrected chi connectivity index (χ0v) is 13.2. The molecule has 21 heavy (non-hydrogen) atoms. The minimum atomic E-state index is -3.36. The van der Waals surface area contributed by atoms with Crippen molar-refractivity contribution in [1.82, 2.24) is 9.29 Å². The molecular formula is C13H20N4O3S. The maximum atomic E-state index is 12.2. The zero-order chi connectivity index (χ0) is 15.6. The molecule has 1 aromatic rings. The van der Waals surface area contributed by atoms with Crippen LogP contribution < -0.4 is 10.2 Å². The van der Waals surface area contributed by atoms with Crippen LogP contribution in [0.2, 0.25) is 0 Å². The number of rotatable bonds is 4. The van der Waals surface area contributed by atoms with Gasteiger partial charge in [0.15, 0.2) is 0 Å². The van der Waals surface area contributed by atoms with E-state index >= 15 is 0 Å². The predicted octanol–water partition coefficient (Wildman–Crippen LogP) is 0.510. The Morgan fingerprint density at radius 3 is 2.67 bits per heavy atom. The lowest BCUT2D eigenvalue weighted by Gasteiger charge is -2.21. The van der Waals surface area contributed by atoms with E-state index in [1.807, 2.05) is 19.0 Å². The van der Waals surface area contributed by atoms with Gasteiger partial charge >= 0.3 is 0 Å². The molecule has 1 amide bonds. The SMILES string of the molecule is CN(C)c1ccc(NC(=O)[C@@H]2CCCN2S(C)(=O)=O)cn1. The second kappa shape index (κ2) is 5.98. The quantitative estimate of drug-likeness (QED) is 0.876. The van der Waals surface area contributed by atoms with Crippen molar-refractivity contribution in [3.8, 4) is 0 Å². The van der Waals surface area contributed by atoms with Crippen LogP contribution in [0, 0.1) is 0 Å². The summed E-state index contributed by atoms with van der Waals surface area (Å²) in [5.74, 6) is 0.476. The van der Waals surface area contributed by atoms with E-state index in [9.17, 15) is 13.2 Å². The van der Waals surface area contributed by atoms with Crippen LogP contribution in [0.3, 0.4) is 0 Å². The van der Waals surface area contributed by atoms with Gasteiger partial charge in [-0.1, -0.05) is 0 Å². The van der Waals surface area contributed by atoms with Gasteiger partial charge in [0.05, 0.1) is 18.1 Å². The number of nitrogens with one attached hydrogen (secondary N) is 1. The highest BCUT2D eigenvalue weighted by Gasteiger charge is 2.36. The number of nitrogens with zero attached hydrogens (tertiary/aromatic N) is 3. The number of amides is 1. The molecule has 1 aliphatic rings. The van der Waals surface area contributed by atoms with Crippen LogP contribution in [0.25, 0.3) is 0 Å². The molecule has 0 bridgehead atoms. The third kappa shape index (κ3) is 3.70. The van der Waals surface area contributed by atoms with E-state index in [0.717, 1.165) is 12.1 Å². The summed E-state index contributed by atoms with van der Waals surface area (Å²) in [6, 6.07) is 2.91. The molecule has 0 spiro atoms. The summed E-state index contributed by atoms with van der Waals surface area (Å²) >= 11 is 0. The number of aromatic nitrogens is 1. The van der Waals surface area contributed by atoms with Gasteiger partial charge in [0.2, 0.25) is 15.9 Å². The Morgan fingerprint density at radius 1 is 1.43 bits per heavy atom. The van der Waals surface area contributed by atoms with Crippen molar-refractivity contribution in [1.29, 1.82) is 0 Å². The van der Waals surface area contributed by atoms with Crippen molar-refractivity contribution >= 4 is 27.4 Å². The molecule has 1 saturated heterocycles. The Hall–Kier alpha value is -1.67. The molecule has 0 saturated carbocycles. The minimum absolute atomic E-state index is 0.308. The highest BCUT2D eigenvalue weighted by Crippen LogP contribution is 2.22. The second-order valence-corrected chi connectivity index (χ2v) is 7.26. The van der Waals surface area contributed by atoms with Crippen LogP contribution >= 0.6 is 0 Å². The van der Waals surface area contributed by atoms with Crippen molar-refractivity contribution in [2.75, 3.05) is 37.1 Å². The number of sulfonamides is 1. The van der Waals surface area contributed by atoms with E-state index in [1.54, 1.807) is 18.3 Å². The molecule has 116 valence electrons. The highest BCUT2D eigenvalue weighted by molar-refractivity contribution is 7.88. The summed E-state index contributed by atoms with van der Waals surface area (Å²) in [5, 5.41) is 2.73. The molecule has 2 rings (SSSR count). The first kappa shape index (κ1) is 15.7. The number of carbonyl (C=O) groups excluding carboxylic acids is 1. The fourth-order valence-electron chi connectivity index (χ4n) is 2.35. The van der Waals surface area contributed by atoms with E-state index < -0.39 is 16.1 Å². The summed E-state index contributed by atoms with van der Waals surface area (Å²) in [7, 11) is 0.399. The normalized spacial score (nSPS) is 19.5. The van der Waals surface area contributed by atoms with Gasteiger partial charge in [-0.05, 0) is 25.0 Å². The Labute approximate surface area is 125 Å².